The number of hydrogen-bond acceptors (Lipinski definition) is 2. The predicted octanol–water partition coefficient (Wildman–Crippen LogP) is 8.54. The van der Waals surface area contributed by atoms with Gasteiger partial charge in [-0.3, -0.25) is 0 Å². The van der Waals surface area contributed by atoms with Crippen LogP contribution in [0.5, 0.6) is 0 Å². The zero-order chi connectivity index (χ0) is 28.7. The first-order valence-electron chi connectivity index (χ1n) is 14.1. The highest BCUT2D eigenvalue weighted by molar-refractivity contribution is 7.93. The van der Waals surface area contributed by atoms with E-state index in [0.29, 0.717) is 12.1 Å². The summed E-state index contributed by atoms with van der Waals surface area (Å²) in [7, 11) is -3.89. The summed E-state index contributed by atoms with van der Waals surface area (Å²) in [6.07, 6.45) is 2.48. The molecule has 0 aliphatic carbocycles. The highest BCUT2D eigenvalue weighted by Crippen LogP contribution is 2.47. The van der Waals surface area contributed by atoms with E-state index in [-0.39, 0.29) is 10.9 Å². The minimum Gasteiger partial charge on any atom is -0.332 e. The zero-order valence-electron chi connectivity index (χ0n) is 23.3. The second-order valence-electron chi connectivity index (χ2n) is 10.7. The van der Waals surface area contributed by atoms with E-state index in [4.69, 9.17) is 0 Å². The Labute approximate surface area is 246 Å². The molecular formula is C37H30N2O2S. The molecule has 1 atom stereocenters. The quantitative estimate of drug-likeness (QED) is 0.203. The van der Waals surface area contributed by atoms with E-state index in [2.05, 4.69) is 65.2 Å². The summed E-state index contributed by atoms with van der Waals surface area (Å²) in [6.45, 7) is 1.96. The number of nitrogens with zero attached hydrogens (tertiary/aromatic N) is 2. The second-order valence-corrected chi connectivity index (χ2v) is 12.5. The third-order valence-corrected chi connectivity index (χ3v) is 9.74. The Hall–Kier alpha value is -4.87. The van der Waals surface area contributed by atoms with Crippen molar-refractivity contribution in [2.24, 2.45) is 0 Å². The number of benzene rings is 5. The molecule has 0 spiro atoms. The van der Waals surface area contributed by atoms with Gasteiger partial charge in [0.25, 0.3) is 10.0 Å². The van der Waals surface area contributed by atoms with Crippen molar-refractivity contribution in [2.75, 3.05) is 4.31 Å². The van der Waals surface area contributed by atoms with Crippen molar-refractivity contribution >= 4 is 26.6 Å². The Morgan fingerprint density at radius 3 is 2.00 bits per heavy atom. The molecule has 7 rings (SSSR count). The fourth-order valence-corrected chi connectivity index (χ4v) is 7.49. The van der Waals surface area contributed by atoms with Crippen molar-refractivity contribution in [1.29, 1.82) is 0 Å². The first-order valence-corrected chi connectivity index (χ1v) is 15.6. The Kier molecular flexibility index (Phi) is 6.52. The summed E-state index contributed by atoms with van der Waals surface area (Å²) in [5.41, 5.74) is 8.41. The molecule has 2 heterocycles. The Bertz CT molecular complexity index is 2010. The van der Waals surface area contributed by atoms with Gasteiger partial charge in [-0.05, 0) is 54.0 Å². The molecule has 0 bridgehead atoms. The predicted molar refractivity (Wildman–Crippen MR) is 171 cm³/mol. The van der Waals surface area contributed by atoms with Crippen molar-refractivity contribution in [3.05, 3.63) is 168 Å². The lowest BCUT2D eigenvalue weighted by Gasteiger charge is -2.24. The van der Waals surface area contributed by atoms with Gasteiger partial charge in [0.15, 0.2) is 0 Å². The van der Waals surface area contributed by atoms with Gasteiger partial charge in [0.1, 0.15) is 0 Å². The Morgan fingerprint density at radius 2 is 1.31 bits per heavy atom. The molecule has 1 aliphatic rings. The van der Waals surface area contributed by atoms with Crippen LogP contribution in [-0.2, 0) is 16.4 Å². The number of fused-ring (bicyclic) bond motifs is 3. The molecule has 1 aromatic heterocycles. The topological polar surface area (TPSA) is 42.3 Å². The first-order chi connectivity index (χ1) is 20.5. The van der Waals surface area contributed by atoms with Gasteiger partial charge < -0.3 is 4.57 Å². The van der Waals surface area contributed by atoms with Gasteiger partial charge in [0, 0.05) is 34.8 Å². The fraction of sp³-hybridized carbons (Fsp3) is 0.0811. The molecule has 0 saturated heterocycles. The number of para-hydroxylation sites is 2. The van der Waals surface area contributed by atoms with E-state index in [1.165, 1.54) is 20.9 Å². The molecule has 42 heavy (non-hydrogen) atoms. The van der Waals surface area contributed by atoms with Crippen molar-refractivity contribution in [2.45, 2.75) is 24.3 Å². The van der Waals surface area contributed by atoms with Crippen molar-refractivity contribution in [3.8, 4) is 11.1 Å². The van der Waals surface area contributed by atoms with Gasteiger partial charge in [-0.2, -0.15) is 0 Å². The molecule has 4 nitrogen and oxygen atoms in total. The van der Waals surface area contributed by atoms with Crippen LogP contribution in [0.25, 0.3) is 22.0 Å². The van der Waals surface area contributed by atoms with Crippen LogP contribution < -0.4 is 4.31 Å². The van der Waals surface area contributed by atoms with Crippen LogP contribution in [0.4, 0.5) is 5.69 Å². The summed E-state index contributed by atoms with van der Waals surface area (Å²) in [5, 5.41) is 1.20. The first kappa shape index (κ1) is 26.1. The van der Waals surface area contributed by atoms with Crippen LogP contribution in [-0.4, -0.2) is 13.0 Å². The Balaban J connectivity index is 1.48. The molecule has 0 N–H and O–H groups in total. The molecule has 1 aliphatic heterocycles. The van der Waals surface area contributed by atoms with Gasteiger partial charge in [-0.1, -0.05) is 115 Å². The maximum Gasteiger partial charge on any atom is 0.268 e. The number of sulfonamides is 1. The van der Waals surface area contributed by atoms with E-state index in [1.807, 2.05) is 79.9 Å². The smallest absolute Gasteiger partial charge is 0.268 e. The number of aryl methyl sites for hydroxylation is 1. The second kappa shape index (κ2) is 10.5. The van der Waals surface area contributed by atoms with Crippen LogP contribution in [0, 0.1) is 6.92 Å². The van der Waals surface area contributed by atoms with E-state index in [0.717, 1.165) is 27.8 Å². The van der Waals surface area contributed by atoms with Gasteiger partial charge >= 0.3 is 0 Å². The number of hydrogen-bond donors (Lipinski definition) is 0. The summed E-state index contributed by atoms with van der Waals surface area (Å²) < 4.78 is 32.4. The van der Waals surface area contributed by atoms with Crippen LogP contribution >= 0.6 is 0 Å². The van der Waals surface area contributed by atoms with Crippen LogP contribution in [0.3, 0.4) is 0 Å². The normalized spacial score (nSPS) is 15.6. The molecule has 1 unspecified atom stereocenters. The molecule has 0 amide bonds. The van der Waals surface area contributed by atoms with Gasteiger partial charge in [0.2, 0.25) is 0 Å². The number of rotatable bonds is 6. The SMILES string of the molecule is Cc1ccc(S(=O)(=O)N(/C=C2\Cc3c(-c4ccccc4)c4ccccc4n3C2c2ccccc2)c2ccccc2)cc1. The van der Waals surface area contributed by atoms with Crippen molar-refractivity contribution < 1.29 is 8.42 Å². The molecule has 5 aromatic carbocycles. The van der Waals surface area contributed by atoms with Crippen LogP contribution in [0.1, 0.15) is 22.9 Å². The summed E-state index contributed by atoms with van der Waals surface area (Å²) >= 11 is 0. The third kappa shape index (κ3) is 4.43. The standard InChI is InChI=1S/C37H30N2O2S/c1-27-21-23-32(24-22-27)42(40,41)38(31-17-9-4-10-18-31)26-30-25-35-36(28-13-5-2-6-14-28)33-19-11-12-20-34(33)39(35)37(30)29-15-7-3-8-16-29/h2-24,26,37H,25H2,1H3/b30-26+. The number of anilines is 1. The molecule has 5 heteroatoms. The van der Waals surface area contributed by atoms with E-state index in [9.17, 15) is 8.42 Å². The molecule has 6 aromatic rings. The lowest BCUT2D eigenvalue weighted by molar-refractivity contribution is 0.595. The lowest BCUT2D eigenvalue weighted by atomic mass is 9.96. The van der Waals surface area contributed by atoms with E-state index < -0.39 is 10.0 Å². The zero-order valence-corrected chi connectivity index (χ0v) is 24.1. The maximum atomic E-state index is 14.3. The van der Waals surface area contributed by atoms with E-state index >= 15 is 0 Å². The minimum atomic E-state index is -3.89. The largest absolute Gasteiger partial charge is 0.332 e. The van der Waals surface area contributed by atoms with Crippen LogP contribution in [0.15, 0.2) is 156 Å². The minimum absolute atomic E-state index is 0.164. The van der Waals surface area contributed by atoms with Crippen molar-refractivity contribution in [3.63, 3.8) is 0 Å². The molecular weight excluding hydrogens is 536 g/mol. The molecule has 0 radical (unpaired) electrons. The van der Waals surface area contributed by atoms with Gasteiger partial charge in [0.05, 0.1) is 16.6 Å². The highest BCUT2D eigenvalue weighted by Gasteiger charge is 2.35. The summed E-state index contributed by atoms with van der Waals surface area (Å²) in [6, 6.07) is 45.6. The van der Waals surface area contributed by atoms with Crippen molar-refractivity contribution in [1.82, 2.24) is 4.57 Å². The number of allylic oxidation sites excluding steroid dienone is 1. The Morgan fingerprint density at radius 1 is 0.714 bits per heavy atom. The summed E-state index contributed by atoms with van der Waals surface area (Å²) in [5.74, 6) is 0. The third-order valence-electron chi connectivity index (χ3n) is 8.04. The number of aromatic nitrogens is 1. The van der Waals surface area contributed by atoms with Gasteiger partial charge in [-0.15, -0.1) is 0 Å². The maximum absolute atomic E-state index is 14.3. The molecule has 0 saturated carbocycles. The monoisotopic (exact) mass is 566 g/mol. The van der Waals surface area contributed by atoms with Crippen LogP contribution in [0.2, 0.25) is 0 Å². The van der Waals surface area contributed by atoms with E-state index in [1.54, 1.807) is 12.1 Å². The molecule has 206 valence electrons. The van der Waals surface area contributed by atoms with Gasteiger partial charge in [-0.25, -0.2) is 12.7 Å². The molecule has 0 fully saturated rings. The highest BCUT2D eigenvalue weighted by atomic mass is 32.2. The summed E-state index contributed by atoms with van der Waals surface area (Å²) in [4.78, 5) is 0.262. The average molecular weight is 567 g/mol. The lowest BCUT2D eigenvalue weighted by Crippen LogP contribution is -2.27. The fourth-order valence-electron chi connectivity index (χ4n) is 6.11. The average Bonchev–Trinajstić information content (AvgIpc) is 3.55.